The smallest absolute Gasteiger partial charge is 0.328 e. The fourth-order valence-corrected chi connectivity index (χ4v) is 6.54. The lowest BCUT2D eigenvalue weighted by Crippen LogP contribution is -2.48. The second-order valence-corrected chi connectivity index (χ2v) is 10.7. The van der Waals surface area contributed by atoms with Crippen molar-refractivity contribution in [3.05, 3.63) is 89.7 Å². The van der Waals surface area contributed by atoms with Crippen LogP contribution in [-0.2, 0) is 19.9 Å². The van der Waals surface area contributed by atoms with Gasteiger partial charge in [0.25, 0.3) is 5.91 Å². The molecule has 3 aromatic carbocycles. The quantitative estimate of drug-likeness (QED) is 0.237. The first-order valence-corrected chi connectivity index (χ1v) is 14.1. The summed E-state index contributed by atoms with van der Waals surface area (Å²) in [6, 6.07) is 21.8. The van der Waals surface area contributed by atoms with Crippen LogP contribution in [0, 0.1) is 5.82 Å². The number of urea groups is 1. The van der Waals surface area contributed by atoms with E-state index in [4.69, 9.17) is 4.74 Å². The summed E-state index contributed by atoms with van der Waals surface area (Å²) in [5, 5.41) is 0. The van der Waals surface area contributed by atoms with Gasteiger partial charge in [0.2, 0.25) is 0 Å². The van der Waals surface area contributed by atoms with Crippen molar-refractivity contribution in [3.63, 3.8) is 0 Å². The molecule has 41 heavy (non-hydrogen) atoms. The summed E-state index contributed by atoms with van der Waals surface area (Å²) < 4.78 is 19.0. The Hall–Kier alpha value is -4.24. The van der Waals surface area contributed by atoms with Gasteiger partial charge in [-0.15, -0.1) is 0 Å². The minimum absolute atomic E-state index is 0.198. The summed E-state index contributed by atoms with van der Waals surface area (Å²) in [5.41, 5.74) is 2.68. The zero-order valence-corrected chi connectivity index (χ0v) is 23.1. The molecule has 9 heteroatoms. The van der Waals surface area contributed by atoms with E-state index >= 15 is 0 Å². The number of methoxy groups -OCH3 is 1. The summed E-state index contributed by atoms with van der Waals surface area (Å²) in [6.45, 7) is 3.93. The molecule has 3 aliphatic rings. The highest BCUT2D eigenvalue weighted by atomic mass is 19.1. The van der Waals surface area contributed by atoms with Crippen LogP contribution < -0.4 is 4.90 Å². The number of carbonyl (C=O) groups is 3. The number of hydrogen-bond acceptors (Lipinski definition) is 6. The Bertz CT molecular complexity index is 1440. The van der Waals surface area contributed by atoms with Gasteiger partial charge in [-0.1, -0.05) is 60.7 Å². The number of benzene rings is 3. The normalized spacial score (nSPS) is 17.8. The molecular formula is C32H33FN4O4. The maximum absolute atomic E-state index is 14.2. The summed E-state index contributed by atoms with van der Waals surface area (Å²) in [5.74, 6) is -1.26. The van der Waals surface area contributed by atoms with Gasteiger partial charge in [0.05, 0.1) is 12.8 Å². The molecule has 6 rings (SSSR count). The van der Waals surface area contributed by atoms with Crippen LogP contribution in [0.4, 0.5) is 14.9 Å². The number of amides is 3. The molecule has 1 spiro atoms. The van der Waals surface area contributed by atoms with Gasteiger partial charge in [0, 0.05) is 32.7 Å². The average molecular weight is 557 g/mol. The third-order valence-electron chi connectivity index (χ3n) is 8.53. The molecule has 2 aliphatic heterocycles. The first kappa shape index (κ1) is 27.0. The molecule has 212 valence electrons. The van der Waals surface area contributed by atoms with Crippen LogP contribution in [0.25, 0.3) is 11.1 Å². The van der Waals surface area contributed by atoms with Crippen molar-refractivity contribution in [2.24, 2.45) is 0 Å². The first-order valence-electron chi connectivity index (χ1n) is 14.1. The molecule has 2 fully saturated rings. The fourth-order valence-electron chi connectivity index (χ4n) is 6.54. The largest absolute Gasteiger partial charge is 0.468 e. The third kappa shape index (κ3) is 4.44. The van der Waals surface area contributed by atoms with Gasteiger partial charge in [0.1, 0.15) is 12.4 Å². The summed E-state index contributed by atoms with van der Waals surface area (Å²) in [6.07, 6.45) is 1.51. The second-order valence-electron chi connectivity index (χ2n) is 10.7. The topological polar surface area (TPSA) is 73.4 Å². The van der Waals surface area contributed by atoms with E-state index in [-0.39, 0.29) is 5.82 Å². The number of carbonyl (C=O) groups excluding carboxylic acids is 3. The van der Waals surface area contributed by atoms with E-state index in [0.717, 1.165) is 66.3 Å². The number of para-hydroxylation sites is 1. The van der Waals surface area contributed by atoms with Gasteiger partial charge in [-0.05, 0) is 53.8 Å². The van der Waals surface area contributed by atoms with Crippen LogP contribution in [0.3, 0.4) is 0 Å². The number of esters is 1. The number of piperazine rings is 1. The zero-order valence-electron chi connectivity index (χ0n) is 23.1. The number of anilines is 1. The number of fused-ring (bicyclic) bond motifs is 5. The monoisotopic (exact) mass is 556 g/mol. The van der Waals surface area contributed by atoms with E-state index in [0.29, 0.717) is 18.7 Å². The van der Waals surface area contributed by atoms with Crippen molar-refractivity contribution in [1.29, 1.82) is 0 Å². The lowest BCUT2D eigenvalue weighted by atomic mass is 9.85. The van der Waals surface area contributed by atoms with Crippen LogP contribution in [0.1, 0.15) is 24.0 Å². The van der Waals surface area contributed by atoms with E-state index in [1.165, 1.54) is 13.2 Å². The van der Waals surface area contributed by atoms with Crippen LogP contribution in [0.5, 0.6) is 0 Å². The van der Waals surface area contributed by atoms with Gasteiger partial charge in [-0.25, -0.2) is 9.18 Å². The zero-order chi connectivity index (χ0) is 28.6. The molecule has 0 bridgehead atoms. The van der Waals surface area contributed by atoms with Gasteiger partial charge >= 0.3 is 12.0 Å². The lowest BCUT2D eigenvalue weighted by molar-refractivity contribution is -0.145. The van der Waals surface area contributed by atoms with Crippen LogP contribution in [-0.4, -0.2) is 85.5 Å². The predicted molar refractivity (Wildman–Crippen MR) is 153 cm³/mol. The molecular weight excluding hydrogens is 523 g/mol. The van der Waals surface area contributed by atoms with Crippen molar-refractivity contribution in [2.45, 2.75) is 18.4 Å². The molecule has 2 heterocycles. The predicted octanol–water partition coefficient (Wildman–Crippen LogP) is 4.09. The minimum Gasteiger partial charge on any atom is -0.468 e. The Labute approximate surface area is 238 Å². The Balaban J connectivity index is 1.19. The van der Waals surface area contributed by atoms with Crippen LogP contribution >= 0.6 is 0 Å². The number of ether oxygens (including phenoxy) is 1. The molecule has 3 aromatic rings. The molecule has 2 saturated heterocycles. The Morgan fingerprint density at radius 2 is 1.41 bits per heavy atom. The van der Waals surface area contributed by atoms with Gasteiger partial charge in [0.15, 0.2) is 5.54 Å². The van der Waals surface area contributed by atoms with E-state index < -0.39 is 30.0 Å². The highest BCUT2D eigenvalue weighted by molar-refractivity contribution is 6.14. The lowest BCUT2D eigenvalue weighted by Gasteiger charge is -2.36. The van der Waals surface area contributed by atoms with Gasteiger partial charge in [-0.2, -0.15) is 0 Å². The van der Waals surface area contributed by atoms with E-state index in [9.17, 15) is 18.8 Å². The molecule has 0 atom stereocenters. The number of rotatable bonds is 8. The van der Waals surface area contributed by atoms with Crippen LogP contribution in [0.15, 0.2) is 72.8 Å². The molecule has 0 N–H and O–H groups in total. The average Bonchev–Trinajstić information content (AvgIpc) is 3.41. The second kappa shape index (κ2) is 11.0. The van der Waals surface area contributed by atoms with Gasteiger partial charge in [-0.3, -0.25) is 19.4 Å². The highest BCUT2D eigenvalue weighted by Gasteiger charge is 2.63. The Kier molecular flexibility index (Phi) is 7.21. The van der Waals surface area contributed by atoms with Crippen molar-refractivity contribution in [1.82, 2.24) is 14.7 Å². The Morgan fingerprint density at radius 1 is 0.829 bits per heavy atom. The molecule has 0 saturated carbocycles. The number of halogens is 1. The number of hydrogen-bond donors (Lipinski definition) is 0. The maximum atomic E-state index is 14.2. The van der Waals surface area contributed by atoms with E-state index in [1.54, 1.807) is 11.0 Å². The summed E-state index contributed by atoms with van der Waals surface area (Å²) >= 11 is 0. The Morgan fingerprint density at radius 3 is 2.05 bits per heavy atom. The number of nitrogens with zero attached hydrogens (tertiary/aromatic N) is 4. The molecule has 1 aliphatic carbocycles. The molecule has 0 radical (unpaired) electrons. The van der Waals surface area contributed by atoms with Crippen molar-refractivity contribution >= 4 is 23.6 Å². The highest BCUT2D eigenvalue weighted by Crippen LogP contribution is 2.54. The molecule has 8 nitrogen and oxygen atoms in total. The van der Waals surface area contributed by atoms with Gasteiger partial charge < -0.3 is 14.5 Å². The number of unbranched alkanes of at least 4 members (excludes halogenated alkanes) is 1. The fraction of sp³-hybridized carbons (Fsp3) is 0.344. The van der Waals surface area contributed by atoms with Crippen molar-refractivity contribution in [2.75, 3.05) is 57.8 Å². The minimum atomic E-state index is -1.32. The first-order chi connectivity index (χ1) is 20.0. The molecule has 3 amide bonds. The summed E-state index contributed by atoms with van der Waals surface area (Å²) in [4.78, 5) is 47.3. The molecule has 0 unspecified atom stereocenters. The number of imide groups is 1. The van der Waals surface area contributed by atoms with Crippen molar-refractivity contribution in [3.8, 4) is 11.1 Å². The van der Waals surface area contributed by atoms with Crippen molar-refractivity contribution < 1.29 is 23.5 Å². The third-order valence-corrected chi connectivity index (χ3v) is 8.53. The van der Waals surface area contributed by atoms with E-state index in [1.807, 2.05) is 60.7 Å². The molecule has 0 aromatic heterocycles. The standard InChI is InChI=1S/C32H33FN4O4/c1-41-29(38)22-36-30(39)32(25-12-4-2-10-23(25)24-11-3-5-13-26(24)32)37(31(36)40)17-9-8-16-34-18-20-35(21-19-34)28-15-7-6-14-27(28)33/h2-7,10-15H,8-9,16-22H2,1H3. The van der Waals surface area contributed by atoms with E-state index in [2.05, 4.69) is 9.80 Å². The maximum Gasteiger partial charge on any atom is 0.328 e. The van der Waals surface area contributed by atoms with Crippen LogP contribution in [0.2, 0.25) is 0 Å². The summed E-state index contributed by atoms with van der Waals surface area (Å²) in [7, 11) is 1.25. The SMILES string of the molecule is COC(=O)CN1C(=O)N(CCCCN2CCN(c3ccccc3F)CC2)C2(C1=O)c1ccccc1-c1ccccc12.